The van der Waals surface area contributed by atoms with Crippen LogP contribution in [0.3, 0.4) is 0 Å². The Morgan fingerprint density at radius 2 is 2.11 bits per heavy atom. The van der Waals surface area contributed by atoms with Crippen LogP contribution in [-0.2, 0) is 17.1 Å². The normalized spacial score (nSPS) is 25.3. The summed E-state index contributed by atoms with van der Waals surface area (Å²) in [6.07, 6.45) is 5.58. The molecule has 0 bridgehead atoms. The van der Waals surface area contributed by atoms with E-state index in [1.807, 2.05) is 0 Å². The number of sulfonamides is 1. The minimum atomic E-state index is -3.62. The molecule has 0 radical (unpaired) electrons. The molecule has 0 spiro atoms. The molecule has 1 aliphatic rings. The Balaban J connectivity index is 2.19. The van der Waals surface area contributed by atoms with Crippen LogP contribution in [0, 0.1) is 5.92 Å². The maximum atomic E-state index is 12.2. The van der Waals surface area contributed by atoms with E-state index in [2.05, 4.69) is 16.6 Å². The van der Waals surface area contributed by atoms with Gasteiger partial charge in [0.15, 0.2) is 0 Å². The van der Waals surface area contributed by atoms with E-state index in [9.17, 15) is 8.42 Å². The summed E-state index contributed by atoms with van der Waals surface area (Å²) >= 11 is 5.93. The fraction of sp³-hybridized carbons (Fsp3) is 0.727. The van der Waals surface area contributed by atoms with Crippen LogP contribution in [0.4, 0.5) is 0 Å². The molecule has 1 saturated carbocycles. The Morgan fingerprint density at radius 3 is 2.67 bits per heavy atom. The molecule has 0 aromatic carbocycles. The van der Waals surface area contributed by atoms with E-state index in [-0.39, 0.29) is 16.2 Å². The van der Waals surface area contributed by atoms with Gasteiger partial charge in [-0.15, -0.1) is 0 Å². The highest BCUT2D eigenvalue weighted by atomic mass is 35.5. The molecule has 5 nitrogen and oxygen atoms in total. The van der Waals surface area contributed by atoms with E-state index in [4.69, 9.17) is 11.6 Å². The fourth-order valence-electron chi connectivity index (χ4n) is 2.32. The molecule has 0 amide bonds. The number of imidazole rings is 1. The maximum absolute atomic E-state index is 12.2. The first-order valence-electron chi connectivity index (χ1n) is 6.11. The van der Waals surface area contributed by atoms with Gasteiger partial charge < -0.3 is 4.57 Å². The first-order chi connectivity index (χ1) is 8.42. The summed E-state index contributed by atoms with van der Waals surface area (Å²) in [6.45, 7) is 2.08. The largest absolute Gasteiger partial charge is 0.324 e. The van der Waals surface area contributed by atoms with Crippen molar-refractivity contribution in [3.8, 4) is 0 Å². The number of nitrogens with one attached hydrogen (secondary N) is 1. The standard InChI is InChI=1S/C11H18ClN3O2S/c1-8-5-3-4-6-9(8)14-18(16,17)11-10(12)15(2)7-13-11/h7-9,14H,3-6H2,1-2H3. The van der Waals surface area contributed by atoms with Gasteiger partial charge in [0.2, 0.25) is 5.03 Å². The molecule has 1 aromatic rings. The SMILES string of the molecule is CC1CCCCC1NS(=O)(=O)c1ncn(C)c1Cl. The van der Waals surface area contributed by atoms with Gasteiger partial charge in [-0.2, -0.15) is 0 Å². The van der Waals surface area contributed by atoms with Gasteiger partial charge in [0.1, 0.15) is 5.15 Å². The molecule has 0 aliphatic heterocycles. The maximum Gasteiger partial charge on any atom is 0.261 e. The van der Waals surface area contributed by atoms with Crippen LogP contribution in [0.25, 0.3) is 0 Å². The predicted octanol–water partition coefficient (Wildman–Crippen LogP) is 1.93. The van der Waals surface area contributed by atoms with E-state index in [0.717, 1.165) is 19.3 Å². The second-order valence-corrected chi connectivity index (χ2v) is 6.93. The molecule has 7 heteroatoms. The van der Waals surface area contributed by atoms with Crippen molar-refractivity contribution in [2.75, 3.05) is 0 Å². The van der Waals surface area contributed by atoms with Gasteiger partial charge >= 0.3 is 0 Å². The number of aromatic nitrogens is 2. The second kappa shape index (κ2) is 5.19. The highest BCUT2D eigenvalue weighted by Crippen LogP contribution is 2.26. The minimum absolute atomic E-state index is 0.0122. The number of halogens is 1. The average Bonchev–Trinajstić information content (AvgIpc) is 2.63. The summed E-state index contributed by atoms with van der Waals surface area (Å²) < 4.78 is 28.6. The van der Waals surface area contributed by atoms with Crippen molar-refractivity contribution in [1.82, 2.24) is 14.3 Å². The van der Waals surface area contributed by atoms with Gasteiger partial charge in [0.25, 0.3) is 10.0 Å². The Bertz CT molecular complexity index is 526. The summed E-state index contributed by atoms with van der Waals surface area (Å²) in [6, 6.07) is -0.0122. The van der Waals surface area contributed by atoms with Gasteiger partial charge in [-0.3, -0.25) is 0 Å². The number of nitrogens with zero attached hydrogens (tertiary/aromatic N) is 2. The third-order valence-corrected chi connectivity index (χ3v) is 5.49. The zero-order valence-electron chi connectivity index (χ0n) is 10.6. The number of rotatable bonds is 3. The van der Waals surface area contributed by atoms with Crippen molar-refractivity contribution < 1.29 is 8.42 Å². The zero-order valence-corrected chi connectivity index (χ0v) is 12.1. The van der Waals surface area contributed by atoms with Crippen LogP contribution in [0.2, 0.25) is 5.15 Å². The van der Waals surface area contributed by atoms with E-state index >= 15 is 0 Å². The van der Waals surface area contributed by atoms with Crippen molar-refractivity contribution in [3.05, 3.63) is 11.5 Å². The quantitative estimate of drug-likeness (QED) is 0.925. The Hall–Kier alpha value is -0.590. The Kier molecular flexibility index (Phi) is 3.99. The van der Waals surface area contributed by atoms with Gasteiger partial charge in [0, 0.05) is 13.1 Å². The lowest BCUT2D eigenvalue weighted by Gasteiger charge is -2.28. The molecule has 0 saturated heterocycles. The lowest BCUT2D eigenvalue weighted by atomic mass is 9.87. The molecule has 1 heterocycles. The summed E-state index contributed by atoms with van der Waals surface area (Å²) in [7, 11) is -1.95. The van der Waals surface area contributed by atoms with Crippen LogP contribution in [0.5, 0.6) is 0 Å². The number of aryl methyl sites for hydroxylation is 1. The molecule has 1 aliphatic carbocycles. The summed E-state index contributed by atoms with van der Waals surface area (Å²) in [5.74, 6) is 0.357. The molecule has 1 fully saturated rings. The van der Waals surface area contributed by atoms with Crippen LogP contribution < -0.4 is 4.72 Å². The van der Waals surface area contributed by atoms with Crippen molar-refractivity contribution in [3.63, 3.8) is 0 Å². The monoisotopic (exact) mass is 291 g/mol. The van der Waals surface area contributed by atoms with Crippen LogP contribution in [-0.4, -0.2) is 24.0 Å². The molecular formula is C11H18ClN3O2S. The second-order valence-electron chi connectivity index (χ2n) is 4.94. The predicted molar refractivity (Wildman–Crippen MR) is 70.0 cm³/mol. The van der Waals surface area contributed by atoms with Crippen LogP contribution in [0.1, 0.15) is 32.6 Å². The van der Waals surface area contributed by atoms with Crippen LogP contribution >= 0.6 is 11.6 Å². The minimum Gasteiger partial charge on any atom is -0.324 e. The number of hydrogen-bond donors (Lipinski definition) is 1. The summed E-state index contributed by atoms with van der Waals surface area (Å²) in [5, 5.41) is 0.0652. The zero-order chi connectivity index (χ0) is 13.3. The van der Waals surface area contributed by atoms with E-state index < -0.39 is 10.0 Å². The molecule has 2 atom stereocenters. The van der Waals surface area contributed by atoms with E-state index in [1.165, 1.54) is 17.3 Å². The highest BCUT2D eigenvalue weighted by molar-refractivity contribution is 7.89. The highest BCUT2D eigenvalue weighted by Gasteiger charge is 2.29. The van der Waals surface area contributed by atoms with Gasteiger partial charge in [-0.05, 0) is 18.8 Å². The number of hydrogen-bond acceptors (Lipinski definition) is 3. The van der Waals surface area contributed by atoms with Gasteiger partial charge in [0.05, 0.1) is 6.33 Å². The summed E-state index contributed by atoms with van der Waals surface area (Å²) in [5.41, 5.74) is 0. The molecule has 2 unspecified atom stereocenters. The first-order valence-corrected chi connectivity index (χ1v) is 7.97. The first kappa shape index (κ1) is 13.8. The molecule has 1 N–H and O–H groups in total. The van der Waals surface area contributed by atoms with Crippen LogP contribution in [0.15, 0.2) is 11.4 Å². The molecule has 2 rings (SSSR count). The third kappa shape index (κ3) is 2.70. The van der Waals surface area contributed by atoms with Gasteiger partial charge in [-0.1, -0.05) is 31.4 Å². The molecular weight excluding hydrogens is 274 g/mol. The van der Waals surface area contributed by atoms with Crippen molar-refractivity contribution in [1.29, 1.82) is 0 Å². The molecule has 18 heavy (non-hydrogen) atoms. The van der Waals surface area contributed by atoms with Crippen molar-refractivity contribution in [2.24, 2.45) is 13.0 Å². The fourth-order valence-corrected chi connectivity index (χ4v) is 4.13. The van der Waals surface area contributed by atoms with Crippen molar-refractivity contribution in [2.45, 2.75) is 43.7 Å². The Labute approximate surface area is 113 Å². The van der Waals surface area contributed by atoms with Gasteiger partial charge in [-0.25, -0.2) is 18.1 Å². The van der Waals surface area contributed by atoms with E-state index in [0.29, 0.717) is 5.92 Å². The molecule has 102 valence electrons. The van der Waals surface area contributed by atoms with E-state index in [1.54, 1.807) is 7.05 Å². The molecule has 1 aromatic heterocycles. The lowest BCUT2D eigenvalue weighted by Crippen LogP contribution is -2.41. The average molecular weight is 292 g/mol. The lowest BCUT2D eigenvalue weighted by molar-refractivity contribution is 0.310. The Morgan fingerprint density at radius 1 is 1.44 bits per heavy atom. The van der Waals surface area contributed by atoms with Crippen molar-refractivity contribution >= 4 is 21.6 Å². The topological polar surface area (TPSA) is 64.0 Å². The smallest absolute Gasteiger partial charge is 0.261 e. The summed E-state index contributed by atoms with van der Waals surface area (Å²) in [4.78, 5) is 3.86. The third-order valence-electron chi connectivity index (χ3n) is 3.51.